The van der Waals surface area contributed by atoms with E-state index in [2.05, 4.69) is 66.4 Å². The lowest BCUT2D eigenvalue weighted by Crippen LogP contribution is -2.12. The molecule has 0 radical (unpaired) electrons. The van der Waals surface area contributed by atoms with Crippen molar-refractivity contribution in [2.45, 2.75) is 26.2 Å². The second kappa shape index (κ2) is 8.60. The average Bonchev–Trinajstić information content (AvgIpc) is 3.11. The topological polar surface area (TPSA) is 68.0 Å². The molecule has 0 saturated carbocycles. The van der Waals surface area contributed by atoms with Crippen LogP contribution in [0, 0.1) is 0 Å². The molecule has 1 aromatic heterocycles. The lowest BCUT2D eigenvalue weighted by atomic mass is 10.1. The molecule has 5 nitrogen and oxygen atoms in total. The van der Waals surface area contributed by atoms with Crippen molar-refractivity contribution in [2.75, 3.05) is 5.32 Å². The van der Waals surface area contributed by atoms with Crippen LogP contribution in [0.15, 0.2) is 55.9 Å². The molecule has 0 aliphatic carbocycles. The van der Waals surface area contributed by atoms with E-state index in [1.54, 1.807) is 0 Å². The van der Waals surface area contributed by atoms with Crippen LogP contribution < -0.4 is 5.32 Å². The van der Waals surface area contributed by atoms with Crippen molar-refractivity contribution in [2.24, 2.45) is 0 Å². The Morgan fingerprint density at radius 1 is 1.15 bits per heavy atom. The number of hydrogen-bond donors (Lipinski definition) is 1. The van der Waals surface area contributed by atoms with Gasteiger partial charge in [-0.1, -0.05) is 52.3 Å². The second-order valence-corrected chi connectivity index (χ2v) is 7.50. The summed E-state index contributed by atoms with van der Waals surface area (Å²) in [6.07, 6.45) is 1.64. The first-order chi connectivity index (χ1) is 12.5. The average molecular weight is 479 g/mol. The number of amides is 1. The fourth-order valence-electron chi connectivity index (χ4n) is 2.39. The molecule has 1 N–H and O–H groups in total. The Morgan fingerprint density at radius 2 is 1.92 bits per heavy atom. The number of halogens is 2. The summed E-state index contributed by atoms with van der Waals surface area (Å²) in [4.78, 5) is 16.5. The number of aromatic nitrogens is 2. The van der Waals surface area contributed by atoms with Gasteiger partial charge in [0.05, 0.1) is 5.69 Å². The zero-order valence-electron chi connectivity index (χ0n) is 14.1. The summed E-state index contributed by atoms with van der Waals surface area (Å²) in [6, 6.07) is 13.6. The molecule has 0 saturated heterocycles. The summed E-state index contributed by atoms with van der Waals surface area (Å²) < 4.78 is 7.01. The van der Waals surface area contributed by atoms with E-state index in [9.17, 15) is 4.79 Å². The summed E-state index contributed by atoms with van der Waals surface area (Å²) in [7, 11) is 0. The van der Waals surface area contributed by atoms with Gasteiger partial charge in [-0.3, -0.25) is 4.79 Å². The van der Waals surface area contributed by atoms with Gasteiger partial charge in [-0.2, -0.15) is 4.98 Å². The maximum atomic E-state index is 12.1. The van der Waals surface area contributed by atoms with Gasteiger partial charge < -0.3 is 9.84 Å². The minimum absolute atomic E-state index is 0.111. The SMILES string of the molecule is CCc1ccc(-c2noc(CCC(=O)Nc3ccc(Br)cc3Br)n2)cc1. The molecule has 0 aliphatic rings. The molecule has 0 fully saturated rings. The Morgan fingerprint density at radius 3 is 2.62 bits per heavy atom. The van der Waals surface area contributed by atoms with Crippen molar-refractivity contribution in [1.29, 1.82) is 0 Å². The van der Waals surface area contributed by atoms with Crippen molar-refractivity contribution in [3.8, 4) is 11.4 Å². The van der Waals surface area contributed by atoms with E-state index in [1.165, 1.54) is 5.56 Å². The molecular formula is C19H17Br2N3O2. The highest BCUT2D eigenvalue weighted by Crippen LogP contribution is 2.26. The van der Waals surface area contributed by atoms with Crippen molar-refractivity contribution in [1.82, 2.24) is 10.1 Å². The zero-order chi connectivity index (χ0) is 18.5. The molecule has 134 valence electrons. The predicted molar refractivity (Wildman–Crippen MR) is 108 cm³/mol. The normalized spacial score (nSPS) is 10.7. The molecule has 3 aromatic rings. The summed E-state index contributed by atoms with van der Waals surface area (Å²) in [6.45, 7) is 2.11. The van der Waals surface area contributed by atoms with Crippen LogP contribution in [0.4, 0.5) is 5.69 Å². The zero-order valence-corrected chi connectivity index (χ0v) is 17.3. The van der Waals surface area contributed by atoms with Crippen LogP contribution in [0.25, 0.3) is 11.4 Å². The molecule has 0 unspecified atom stereocenters. The Kier molecular flexibility index (Phi) is 6.21. The highest BCUT2D eigenvalue weighted by atomic mass is 79.9. The standard InChI is InChI=1S/C19H17Br2N3O2/c1-2-12-3-5-13(6-4-12)19-23-18(26-24-19)10-9-17(25)22-16-8-7-14(20)11-15(16)21/h3-8,11H,2,9-10H2,1H3,(H,22,25). The largest absolute Gasteiger partial charge is 0.339 e. The Labute approximate surface area is 168 Å². The van der Waals surface area contributed by atoms with E-state index in [4.69, 9.17) is 4.52 Å². The number of benzene rings is 2. The summed E-state index contributed by atoms with van der Waals surface area (Å²) in [5, 5.41) is 6.86. The maximum absolute atomic E-state index is 12.1. The smallest absolute Gasteiger partial charge is 0.227 e. The van der Waals surface area contributed by atoms with Crippen molar-refractivity contribution >= 4 is 43.5 Å². The molecular weight excluding hydrogens is 462 g/mol. The van der Waals surface area contributed by atoms with Gasteiger partial charge >= 0.3 is 0 Å². The van der Waals surface area contributed by atoms with E-state index >= 15 is 0 Å². The quantitative estimate of drug-likeness (QED) is 0.515. The van der Waals surface area contributed by atoms with E-state index < -0.39 is 0 Å². The molecule has 0 spiro atoms. The van der Waals surface area contributed by atoms with Gasteiger partial charge in [-0.25, -0.2) is 0 Å². The first-order valence-electron chi connectivity index (χ1n) is 8.22. The van der Waals surface area contributed by atoms with Crippen molar-refractivity contribution in [3.63, 3.8) is 0 Å². The van der Waals surface area contributed by atoms with Crippen LogP contribution in [0.3, 0.4) is 0 Å². The molecule has 1 heterocycles. The number of aryl methyl sites for hydroxylation is 2. The lowest BCUT2D eigenvalue weighted by molar-refractivity contribution is -0.116. The summed E-state index contributed by atoms with van der Waals surface area (Å²) in [5.41, 5.74) is 2.88. The fourth-order valence-corrected chi connectivity index (χ4v) is 3.53. The van der Waals surface area contributed by atoms with Gasteiger partial charge in [0, 0.05) is 27.4 Å². The van der Waals surface area contributed by atoms with Crippen LogP contribution in [0.2, 0.25) is 0 Å². The van der Waals surface area contributed by atoms with Crippen LogP contribution in [-0.2, 0) is 17.6 Å². The van der Waals surface area contributed by atoms with Gasteiger partial charge in [-0.05, 0) is 46.1 Å². The van der Waals surface area contributed by atoms with Gasteiger partial charge in [0.1, 0.15) is 0 Å². The van der Waals surface area contributed by atoms with E-state index in [0.717, 1.165) is 26.6 Å². The Bertz CT molecular complexity index is 907. The van der Waals surface area contributed by atoms with Gasteiger partial charge in [0.2, 0.25) is 17.6 Å². The fraction of sp³-hybridized carbons (Fsp3) is 0.211. The first kappa shape index (κ1) is 18.8. The van der Waals surface area contributed by atoms with E-state index in [1.807, 2.05) is 30.3 Å². The summed E-state index contributed by atoms with van der Waals surface area (Å²) in [5.74, 6) is 0.878. The molecule has 0 aliphatic heterocycles. The second-order valence-electron chi connectivity index (χ2n) is 5.73. The monoisotopic (exact) mass is 477 g/mol. The minimum atomic E-state index is -0.111. The molecule has 3 rings (SSSR count). The summed E-state index contributed by atoms with van der Waals surface area (Å²) >= 11 is 6.81. The molecule has 7 heteroatoms. The minimum Gasteiger partial charge on any atom is -0.339 e. The van der Waals surface area contributed by atoms with Crippen LogP contribution >= 0.6 is 31.9 Å². The Hall–Kier alpha value is -1.99. The van der Waals surface area contributed by atoms with E-state index in [-0.39, 0.29) is 12.3 Å². The van der Waals surface area contributed by atoms with Crippen LogP contribution in [-0.4, -0.2) is 16.0 Å². The number of nitrogens with one attached hydrogen (secondary N) is 1. The molecule has 0 atom stereocenters. The number of hydrogen-bond acceptors (Lipinski definition) is 4. The highest BCUT2D eigenvalue weighted by Gasteiger charge is 2.12. The van der Waals surface area contributed by atoms with E-state index in [0.29, 0.717) is 18.1 Å². The van der Waals surface area contributed by atoms with Gasteiger partial charge in [0.25, 0.3) is 0 Å². The van der Waals surface area contributed by atoms with Crippen LogP contribution in [0.5, 0.6) is 0 Å². The van der Waals surface area contributed by atoms with Gasteiger partial charge in [-0.15, -0.1) is 0 Å². The predicted octanol–water partition coefficient (Wildman–Crippen LogP) is 5.40. The maximum Gasteiger partial charge on any atom is 0.227 e. The first-order valence-corrected chi connectivity index (χ1v) is 9.80. The number of anilines is 1. The molecule has 2 aromatic carbocycles. The number of carbonyl (C=O) groups excluding carboxylic acids is 1. The molecule has 0 bridgehead atoms. The third-order valence-corrected chi connectivity index (χ3v) is 5.01. The third-order valence-electron chi connectivity index (χ3n) is 3.86. The molecule has 26 heavy (non-hydrogen) atoms. The number of rotatable bonds is 6. The van der Waals surface area contributed by atoms with Crippen molar-refractivity contribution in [3.05, 3.63) is 62.9 Å². The lowest BCUT2D eigenvalue weighted by Gasteiger charge is -2.06. The highest BCUT2D eigenvalue weighted by molar-refractivity contribution is 9.11. The molecule has 1 amide bonds. The third kappa shape index (κ3) is 4.80. The van der Waals surface area contributed by atoms with Crippen molar-refractivity contribution < 1.29 is 9.32 Å². The van der Waals surface area contributed by atoms with Crippen LogP contribution in [0.1, 0.15) is 24.8 Å². The number of nitrogens with zero attached hydrogens (tertiary/aromatic N) is 2. The van der Waals surface area contributed by atoms with Gasteiger partial charge in [0.15, 0.2) is 0 Å². The number of carbonyl (C=O) groups is 1. The Balaban J connectivity index is 1.58.